The number of rotatable bonds is 5. The third-order valence-corrected chi connectivity index (χ3v) is 2.71. The quantitative estimate of drug-likeness (QED) is 0.629. The van der Waals surface area contributed by atoms with Crippen LogP contribution in [0.5, 0.6) is 11.5 Å². The normalized spacial score (nSPS) is 14.7. The van der Waals surface area contributed by atoms with Gasteiger partial charge < -0.3 is 9.47 Å². The number of ketones is 1. The number of hydrogen-bond acceptors (Lipinski definition) is 4. The molecule has 0 aromatic heterocycles. The molecule has 1 heterocycles. The molecule has 1 aromatic rings. The molecule has 0 spiro atoms. The fourth-order valence-corrected chi connectivity index (χ4v) is 1.77. The molecular weight excluding hydrogens is 225 g/mol. The number of ether oxygens (including phenoxy) is 2. The summed E-state index contributed by atoms with van der Waals surface area (Å²) in [6.07, 6.45) is 0.539. The molecule has 1 unspecified atom stereocenters. The van der Waals surface area contributed by atoms with Crippen molar-refractivity contribution in [2.24, 2.45) is 0 Å². The molecule has 1 aliphatic heterocycles. The predicted molar refractivity (Wildman–Crippen MR) is 60.1 cm³/mol. The summed E-state index contributed by atoms with van der Waals surface area (Å²) in [5.41, 5.74) is 0.502. The topological polar surface area (TPSA) is 47.6 Å². The number of carbonyl (C=O) groups excluding carboxylic acids is 1. The molecular formula is C12H14FNO3. The first-order chi connectivity index (χ1) is 8.26. The molecule has 0 amide bonds. The molecule has 0 aliphatic carbocycles. The zero-order valence-electron chi connectivity index (χ0n) is 9.53. The van der Waals surface area contributed by atoms with Crippen LogP contribution in [0.15, 0.2) is 18.2 Å². The van der Waals surface area contributed by atoms with Crippen molar-refractivity contribution in [3.05, 3.63) is 23.8 Å². The Morgan fingerprint density at radius 2 is 2.24 bits per heavy atom. The maximum atomic E-state index is 12.2. The summed E-state index contributed by atoms with van der Waals surface area (Å²) < 4.78 is 22.6. The lowest BCUT2D eigenvalue weighted by Gasteiger charge is -2.13. The number of alkyl halides is 1. The first-order valence-corrected chi connectivity index (χ1v) is 5.49. The maximum absolute atomic E-state index is 12.2. The maximum Gasteiger partial charge on any atom is 0.231 e. The molecule has 0 radical (unpaired) electrons. The van der Waals surface area contributed by atoms with Gasteiger partial charge in [-0.15, -0.1) is 0 Å². The Morgan fingerprint density at radius 3 is 2.94 bits per heavy atom. The number of hydrogen-bond donors (Lipinski definition) is 1. The van der Waals surface area contributed by atoms with E-state index in [4.69, 9.17) is 9.47 Å². The minimum absolute atomic E-state index is 0.136. The third kappa shape index (κ3) is 2.39. The van der Waals surface area contributed by atoms with Crippen LogP contribution in [-0.4, -0.2) is 25.4 Å². The highest BCUT2D eigenvalue weighted by atomic mass is 19.1. The first kappa shape index (κ1) is 11.9. The van der Waals surface area contributed by atoms with Crippen LogP contribution >= 0.6 is 0 Å². The zero-order chi connectivity index (χ0) is 12.3. The summed E-state index contributed by atoms with van der Waals surface area (Å²) in [5, 5.41) is 2.51. The highest BCUT2D eigenvalue weighted by Crippen LogP contribution is 2.32. The lowest BCUT2D eigenvalue weighted by Crippen LogP contribution is -2.35. The van der Waals surface area contributed by atoms with Gasteiger partial charge >= 0.3 is 0 Å². The van der Waals surface area contributed by atoms with Gasteiger partial charge in [-0.1, -0.05) is 6.92 Å². The standard InChI is InChI=1S/C12H14FNO3/c1-2-9(14-6-13)12(15)8-3-4-10-11(5-8)17-7-16-10/h3-5,9,14H,2,6-7H2,1H3. The molecule has 0 saturated heterocycles. The number of halogens is 1. The van der Waals surface area contributed by atoms with Gasteiger partial charge in [-0.3, -0.25) is 10.1 Å². The summed E-state index contributed by atoms with van der Waals surface area (Å²) in [5.74, 6) is 1.06. The van der Waals surface area contributed by atoms with Gasteiger partial charge in [0.2, 0.25) is 6.79 Å². The van der Waals surface area contributed by atoms with Gasteiger partial charge in [-0.25, -0.2) is 4.39 Å². The van der Waals surface area contributed by atoms with Crippen molar-refractivity contribution in [1.29, 1.82) is 0 Å². The molecule has 1 aromatic carbocycles. The molecule has 0 saturated carbocycles. The fourth-order valence-electron chi connectivity index (χ4n) is 1.77. The monoisotopic (exact) mass is 239 g/mol. The van der Waals surface area contributed by atoms with Crippen molar-refractivity contribution in [3.63, 3.8) is 0 Å². The number of fused-ring (bicyclic) bond motifs is 1. The number of carbonyl (C=O) groups is 1. The molecule has 0 fully saturated rings. The second-order valence-electron chi connectivity index (χ2n) is 3.73. The second kappa shape index (κ2) is 5.14. The van der Waals surface area contributed by atoms with Gasteiger partial charge in [0.25, 0.3) is 0 Å². The summed E-state index contributed by atoms with van der Waals surface area (Å²) in [7, 11) is 0. The molecule has 17 heavy (non-hydrogen) atoms. The molecule has 2 rings (SSSR count). The smallest absolute Gasteiger partial charge is 0.231 e. The van der Waals surface area contributed by atoms with Crippen molar-refractivity contribution < 1.29 is 18.7 Å². The van der Waals surface area contributed by atoms with E-state index in [-0.39, 0.29) is 12.6 Å². The molecule has 5 heteroatoms. The van der Waals surface area contributed by atoms with E-state index in [9.17, 15) is 9.18 Å². The van der Waals surface area contributed by atoms with Crippen molar-refractivity contribution in [2.45, 2.75) is 19.4 Å². The van der Waals surface area contributed by atoms with Crippen LogP contribution in [-0.2, 0) is 0 Å². The van der Waals surface area contributed by atoms with E-state index >= 15 is 0 Å². The Hall–Kier alpha value is -1.62. The molecule has 1 N–H and O–H groups in total. The van der Waals surface area contributed by atoms with E-state index < -0.39 is 12.8 Å². The van der Waals surface area contributed by atoms with E-state index in [0.717, 1.165) is 0 Å². The lowest BCUT2D eigenvalue weighted by atomic mass is 10.0. The second-order valence-corrected chi connectivity index (χ2v) is 3.73. The van der Waals surface area contributed by atoms with E-state index in [1.165, 1.54) is 0 Å². The average molecular weight is 239 g/mol. The predicted octanol–water partition coefficient (Wildman–Crippen LogP) is 1.89. The Morgan fingerprint density at radius 1 is 1.47 bits per heavy atom. The van der Waals surface area contributed by atoms with Crippen LogP contribution < -0.4 is 14.8 Å². The minimum Gasteiger partial charge on any atom is -0.454 e. The van der Waals surface area contributed by atoms with Gasteiger partial charge in [0.15, 0.2) is 17.3 Å². The fraction of sp³-hybridized carbons (Fsp3) is 0.417. The minimum atomic E-state index is -0.713. The van der Waals surface area contributed by atoms with E-state index in [1.807, 2.05) is 6.92 Å². The van der Waals surface area contributed by atoms with Crippen molar-refractivity contribution in [2.75, 3.05) is 13.6 Å². The summed E-state index contributed by atoms with van der Waals surface area (Å²) in [6, 6.07) is 4.49. The van der Waals surface area contributed by atoms with E-state index in [0.29, 0.717) is 23.5 Å². The molecule has 4 nitrogen and oxygen atoms in total. The highest BCUT2D eigenvalue weighted by Gasteiger charge is 2.21. The molecule has 1 atom stereocenters. The number of nitrogens with one attached hydrogen (secondary N) is 1. The summed E-state index contributed by atoms with van der Waals surface area (Å²) in [6.45, 7) is 1.29. The van der Waals surface area contributed by atoms with E-state index in [2.05, 4.69) is 5.32 Å². The SMILES string of the molecule is CCC(NCF)C(=O)c1ccc2c(c1)OCO2. The molecule has 92 valence electrons. The van der Waals surface area contributed by atoms with Gasteiger partial charge in [0, 0.05) is 5.56 Å². The Kier molecular flexibility index (Phi) is 3.58. The van der Waals surface area contributed by atoms with Gasteiger partial charge in [0.05, 0.1) is 6.04 Å². The molecule has 1 aliphatic rings. The van der Waals surface area contributed by atoms with Crippen molar-refractivity contribution in [3.8, 4) is 11.5 Å². The zero-order valence-corrected chi connectivity index (χ0v) is 9.53. The largest absolute Gasteiger partial charge is 0.454 e. The average Bonchev–Trinajstić information content (AvgIpc) is 2.82. The first-order valence-electron chi connectivity index (χ1n) is 5.49. The third-order valence-electron chi connectivity index (χ3n) is 2.71. The Balaban J connectivity index is 2.19. The van der Waals surface area contributed by atoms with Crippen LogP contribution in [0, 0.1) is 0 Å². The van der Waals surface area contributed by atoms with Crippen LogP contribution in [0.25, 0.3) is 0 Å². The lowest BCUT2D eigenvalue weighted by molar-refractivity contribution is 0.0932. The van der Waals surface area contributed by atoms with Gasteiger partial charge in [0.1, 0.15) is 6.80 Å². The van der Waals surface area contributed by atoms with Crippen LogP contribution in [0.3, 0.4) is 0 Å². The summed E-state index contributed by atoms with van der Waals surface area (Å²) in [4.78, 5) is 12.0. The van der Waals surface area contributed by atoms with Gasteiger partial charge in [-0.05, 0) is 24.6 Å². The van der Waals surface area contributed by atoms with Crippen LogP contribution in [0.1, 0.15) is 23.7 Å². The Bertz CT molecular complexity index is 422. The van der Waals surface area contributed by atoms with Crippen molar-refractivity contribution in [1.82, 2.24) is 5.32 Å². The van der Waals surface area contributed by atoms with Crippen molar-refractivity contribution >= 4 is 5.78 Å². The van der Waals surface area contributed by atoms with Gasteiger partial charge in [-0.2, -0.15) is 0 Å². The highest BCUT2D eigenvalue weighted by molar-refractivity contribution is 6.00. The summed E-state index contributed by atoms with van der Waals surface area (Å²) >= 11 is 0. The number of benzene rings is 1. The Labute approximate surface area is 98.7 Å². The number of Topliss-reactive ketones (excluding diaryl/α,β-unsaturated/α-hetero) is 1. The van der Waals surface area contributed by atoms with Crippen LogP contribution in [0.4, 0.5) is 4.39 Å². The van der Waals surface area contributed by atoms with Crippen LogP contribution in [0.2, 0.25) is 0 Å². The molecule has 0 bridgehead atoms. The van der Waals surface area contributed by atoms with E-state index in [1.54, 1.807) is 18.2 Å².